The topological polar surface area (TPSA) is 17.1 Å². The Hall–Kier alpha value is -0.260. The fourth-order valence-electron chi connectivity index (χ4n) is 0.864. The molecule has 0 aliphatic carbocycles. The van der Waals surface area contributed by atoms with Crippen LogP contribution in [0.4, 0.5) is 13.2 Å². The lowest BCUT2D eigenvalue weighted by Gasteiger charge is -2.10. The molecule has 0 saturated carbocycles. The minimum atomic E-state index is -4.61. The predicted octanol–water partition coefficient (Wildman–Crippen LogP) is 3.62. The molecular weight excluding hydrogens is 260 g/mol. The van der Waals surface area contributed by atoms with Gasteiger partial charge in [-0.15, -0.1) is 0 Å². The average Bonchev–Trinajstić information content (AvgIpc) is 2.01. The van der Waals surface area contributed by atoms with Gasteiger partial charge in [-0.05, 0) is 28.9 Å². The molecule has 0 spiro atoms. The first kappa shape index (κ1) is 11.8. The van der Waals surface area contributed by atoms with Crippen LogP contribution < -0.4 is 0 Å². The lowest BCUT2D eigenvalue weighted by Crippen LogP contribution is -2.08. The number of hydrogen-bond acceptors (Lipinski definition) is 1. The minimum Gasteiger partial charge on any atom is -0.237 e. The summed E-state index contributed by atoms with van der Waals surface area (Å²) in [5, 5.41) is -0.0804. The summed E-state index contributed by atoms with van der Waals surface area (Å²) in [7, 11) is 2.89. The molecule has 1 rings (SSSR count). The normalized spacial score (nSPS) is 14.1. The van der Waals surface area contributed by atoms with Crippen molar-refractivity contribution in [2.75, 3.05) is 0 Å². The lowest BCUT2D eigenvalue weighted by molar-refractivity contribution is -0.139. The van der Waals surface area contributed by atoms with Crippen LogP contribution in [0.25, 0.3) is 0 Å². The van der Waals surface area contributed by atoms with Gasteiger partial charge in [0.15, 0.2) is 0 Å². The highest BCUT2D eigenvalue weighted by atomic mass is 35.7. The van der Waals surface area contributed by atoms with E-state index < -0.39 is 26.6 Å². The number of benzene rings is 1. The number of alkyl halides is 3. The van der Waals surface area contributed by atoms with Gasteiger partial charge in [0.25, 0.3) is 0 Å². The third kappa shape index (κ3) is 2.62. The molecule has 0 N–H and O–H groups in total. The standard InChI is InChI=1S/C7H3Cl2F3OS/c8-4-1-2-6(14(9)13)5(3-4)7(10,11)12/h1-3H. The van der Waals surface area contributed by atoms with Crippen LogP contribution in [0.15, 0.2) is 23.1 Å². The molecule has 0 heterocycles. The zero-order chi connectivity index (χ0) is 10.9. The SMILES string of the molecule is O=S(Cl)c1ccc(Cl)cc1C(F)(F)F. The quantitative estimate of drug-likeness (QED) is 0.707. The Morgan fingerprint density at radius 1 is 1.29 bits per heavy atom. The highest BCUT2D eigenvalue weighted by Crippen LogP contribution is 2.35. The van der Waals surface area contributed by atoms with Gasteiger partial charge in [0.1, 0.15) is 10.0 Å². The maximum Gasteiger partial charge on any atom is 0.417 e. The van der Waals surface area contributed by atoms with Gasteiger partial charge in [0.2, 0.25) is 0 Å². The fraction of sp³-hybridized carbons (Fsp3) is 0.143. The maximum atomic E-state index is 12.3. The van der Waals surface area contributed by atoms with Crippen LogP contribution in [0.3, 0.4) is 0 Å². The van der Waals surface area contributed by atoms with Crippen molar-refractivity contribution in [3.63, 3.8) is 0 Å². The van der Waals surface area contributed by atoms with Crippen LogP contribution in [0, 0.1) is 0 Å². The Morgan fingerprint density at radius 2 is 1.86 bits per heavy atom. The van der Waals surface area contributed by atoms with E-state index in [1.165, 1.54) is 6.07 Å². The molecule has 0 aliphatic heterocycles. The van der Waals surface area contributed by atoms with E-state index in [0.29, 0.717) is 6.07 Å². The van der Waals surface area contributed by atoms with E-state index in [2.05, 4.69) is 0 Å². The second-order valence-electron chi connectivity index (χ2n) is 2.36. The Labute approximate surface area is 89.8 Å². The molecule has 0 fully saturated rings. The van der Waals surface area contributed by atoms with Crippen LogP contribution in [-0.4, -0.2) is 4.21 Å². The summed E-state index contributed by atoms with van der Waals surface area (Å²) in [5.41, 5.74) is -1.07. The molecule has 14 heavy (non-hydrogen) atoms. The minimum absolute atomic E-state index is 0.0804. The first-order valence-electron chi connectivity index (χ1n) is 3.27. The molecule has 0 aromatic heterocycles. The Balaban J connectivity index is 3.38. The van der Waals surface area contributed by atoms with Crippen molar-refractivity contribution in [3.05, 3.63) is 28.8 Å². The van der Waals surface area contributed by atoms with E-state index in [4.69, 9.17) is 22.3 Å². The zero-order valence-corrected chi connectivity index (χ0v) is 8.77. The summed E-state index contributed by atoms with van der Waals surface area (Å²) in [5.74, 6) is 0. The molecule has 1 aromatic rings. The van der Waals surface area contributed by atoms with Gasteiger partial charge < -0.3 is 0 Å². The van der Waals surface area contributed by atoms with E-state index in [1.54, 1.807) is 0 Å². The lowest BCUT2D eigenvalue weighted by atomic mass is 10.2. The molecular formula is C7H3Cl2F3OS. The van der Waals surface area contributed by atoms with Crippen LogP contribution in [0.5, 0.6) is 0 Å². The summed E-state index contributed by atoms with van der Waals surface area (Å²) in [6.45, 7) is 0. The molecule has 0 aliphatic rings. The molecule has 0 bridgehead atoms. The Kier molecular flexibility index (Phi) is 3.44. The van der Waals surface area contributed by atoms with Crippen molar-refractivity contribution in [2.45, 2.75) is 11.1 Å². The summed E-state index contributed by atoms with van der Waals surface area (Å²) >= 11 is 5.39. The monoisotopic (exact) mass is 262 g/mol. The summed E-state index contributed by atoms with van der Waals surface area (Å²) < 4.78 is 47.8. The predicted molar refractivity (Wildman–Crippen MR) is 48.7 cm³/mol. The summed E-state index contributed by atoms with van der Waals surface area (Å²) in [4.78, 5) is -0.483. The highest BCUT2D eigenvalue weighted by molar-refractivity contribution is 8.08. The van der Waals surface area contributed by atoms with Crippen molar-refractivity contribution in [1.82, 2.24) is 0 Å². The first-order valence-corrected chi connectivity index (χ1v) is 5.62. The van der Waals surface area contributed by atoms with Crippen molar-refractivity contribution < 1.29 is 17.4 Å². The highest BCUT2D eigenvalue weighted by Gasteiger charge is 2.34. The van der Waals surface area contributed by atoms with Crippen molar-refractivity contribution in [1.29, 1.82) is 0 Å². The molecule has 0 saturated heterocycles. The zero-order valence-electron chi connectivity index (χ0n) is 6.44. The van der Waals surface area contributed by atoms with Gasteiger partial charge >= 0.3 is 6.18 Å². The van der Waals surface area contributed by atoms with Gasteiger partial charge in [0.05, 0.1) is 10.5 Å². The van der Waals surface area contributed by atoms with E-state index in [9.17, 15) is 17.4 Å². The molecule has 1 atom stereocenters. The summed E-state index contributed by atoms with van der Waals surface area (Å²) in [6.07, 6.45) is -4.61. The Morgan fingerprint density at radius 3 is 2.29 bits per heavy atom. The second-order valence-corrected chi connectivity index (χ2v) is 4.53. The van der Waals surface area contributed by atoms with E-state index in [1.807, 2.05) is 0 Å². The fourth-order valence-corrected chi connectivity index (χ4v) is 1.96. The molecule has 1 nitrogen and oxygen atoms in total. The number of rotatable bonds is 1. The number of hydrogen-bond donors (Lipinski definition) is 0. The van der Waals surface area contributed by atoms with Crippen LogP contribution in [-0.2, 0) is 16.2 Å². The third-order valence-electron chi connectivity index (χ3n) is 1.42. The average molecular weight is 263 g/mol. The largest absolute Gasteiger partial charge is 0.417 e. The van der Waals surface area contributed by atoms with E-state index >= 15 is 0 Å². The third-order valence-corrected chi connectivity index (χ3v) is 2.86. The van der Waals surface area contributed by atoms with Crippen molar-refractivity contribution in [3.8, 4) is 0 Å². The first-order chi connectivity index (χ1) is 6.32. The maximum absolute atomic E-state index is 12.3. The second kappa shape index (κ2) is 4.08. The van der Waals surface area contributed by atoms with E-state index in [-0.39, 0.29) is 5.02 Å². The smallest absolute Gasteiger partial charge is 0.237 e. The molecule has 1 unspecified atom stereocenters. The van der Waals surface area contributed by atoms with Gasteiger partial charge in [-0.3, -0.25) is 0 Å². The van der Waals surface area contributed by atoms with Crippen LogP contribution >= 0.6 is 22.3 Å². The molecule has 7 heteroatoms. The number of halogens is 5. The van der Waals surface area contributed by atoms with Gasteiger partial charge in [0, 0.05) is 5.02 Å². The molecule has 1 aromatic carbocycles. The van der Waals surface area contributed by atoms with Gasteiger partial charge in [-0.25, -0.2) is 4.21 Å². The van der Waals surface area contributed by atoms with E-state index in [0.717, 1.165) is 6.07 Å². The molecule has 78 valence electrons. The van der Waals surface area contributed by atoms with Gasteiger partial charge in [-0.2, -0.15) is 13.2 Å². The van der Waals surface area contributed by atoms with Crippen LogP contribution in [0.1, 0.15) is 5.56 Å². The van der Waals surface area contributed by atoms with Gasteiger partial charge in [-0.1, -0.05) is 11.6 Å². The van der Waals surface area contributed by atoms with Crippen molar-refractivity contribution in [2.24, 2.45) is 0 Å². The summed E-state index contributed by atoms with van der Waals surface area (Å²) in [6, 6.07) is 2.89. The molecule has 0 amide bonds. The van der Waals surface area contributed by atoms with Crippen molar-refractivity contribution >= 4 is 32.3 Å². The Bertz CT molecular complexity index is 378. The van der Waals surface area contributed by atoms with Crippen LogP contribution in [0.2, 0.25) is 5.02 Å². The molecule has 0 radical (unpaired) electrons.